The molecule has 0 aliphatic carbocycles. The normalized spacial score (nSPS) is 20.3. The highest BCUT2D eigenvalue weighted by Crippen LogP contribution is 2.26. The molecule has 0 bridgehead atoms. The molecular weight excluding hydrogens is 284 g/mol. The second-order valence-electron chi connectivity index (χ2n) is 6.25. The zero-order valence-electron chi connectivity index (χ0n) is 12.9. The van der Waals surface area contributed by atoms with E-state index >= 15 is 0 Å². The van der Waals surface area contributed by atoms with Crippen LogP contribution in [0.15, 0.2) is 18.2 Å². The van der Waals surface area contributed by atoms with Crippen LogP contribution in [0.2, 0.25) is 0 Å². The van der Waals surface area contributed by atoms with E-state index in [9.17, 15) is 14.4 Å². The molecule has 2 aliphatic heterocycles. The van der Waals surface area contributed by atoms with Gasteiger partial charge in [0.1, 0.15) is 0 Å². The maximum absolute atomic E-state index is 12.7. The third-order valence-electron chi connectivity index (χ3n) is 4.23. The molecule has 22 heavy (non-hydrogen) atoms. The monoisotopic (exact) mass is 302 g/mol. The van der Waals surface area contributed by atoms with Crippen molar-refractivity contribution >= 4 is 17.7 Å². The van der Waals surface area contributed by atoms with Crippen LogP contribution in [-0.4, -0.2) is 59.9 Å². The lowest BCUT2D eigenvalue weighted by molar-refractivity contribution is -0.0370. The van der Waals surface area contributed by atoms with Crippen LogP contribution in [0.25, 0.3) is 0 Å². The summed E-state index contributed by atoms with van der Waals surface area (Å²) in [6.45, 7) is 5.37. The first-order valence-electron chi connectivity index (χ1n) is 7.19. The fourth-order valence-electron chi connectivity index (χ4n) is 2.88. The van der Waals surface area contributed by atoms with Crippen molar-refractivity contribution in [2.45, 2.75) is 19.4 Å². The van der Waals surface area contributed by atoms with Gasteiger partial charge in [0, 0.05) is 19.2 Å². The summed E-state index contributed by atoms with van der Waals surface area (Å²) < 4.78 is 5.42. The van der Waals surface area contributed by atoms with Crippen LogP contribution in [0.1, 0.15) is 44.9 Å². The Balaban J connectivity index is 1.96. The molecule has 1 aromatic carbocycles. The summed E-state index contributed by atoms with van der Waals surface area (Å²) in [5, 5.41) is 0. The van der Waals surface area contributed by atoms with Crippen LogP contribution >= 0.6 is 0 Å². The average molecular weight is 302 g/mol. The van der Waals surface area contributed by atoms with Gasteiger partial charge in [0.15, 0.2) is 0 Å². The number of hydrogen-bond donors (Lipinski definition) is 0. The first-order chi connectivity index (χ1) is 10.3. The zero-order valence-corrected chi connectivity index (χ0v) is 12.9. The van der Waals surface area contributed by atoms with E-state index in [-0.39, 0.29) is 17.7 Å². The van der Waals surface area contributed by atoms with Crippen molar-refractivity contribution in [1.29, 1.82) is 0 Å². The molecular formula is C16H18N2O4. The first-order valence-corrected chi connectivity index (χ1v) is 7.19. The summed E-state index contributed by atoms with van der Waals surface area (Å²) in [4.78, 5) is 39.5. The number of ether oxygens (including phenoxy) is 1. The smallest absolute Gasteiger partial charge is 0.261 e. The number of benzene rings is 1. The number of fused-ring (bicyclic) bond motifs is 1. The van der Waals surface area contributed by atoms with Gasteiger partial charge in [-0.15, -0.1) is 0 Å². The molecule has 2 heterocycles. The van der Waals surface area contributed by atoms with Gasteiger partial charge in [-0.25, -0.2) is 0 Å². The van der Waals surface area contributed by atoms with Gasteiger partial charge in [-0.1, -0.05) is 0 Å². The molecule has 3 amide bonds. The molecule has 0 spiro atoms. The molecule has 0 unspecified atom stereocenters. The van der Waals surface area contributed by atoms with E-state index in [2.05, 4.69) is 0 Å². The highest BCUT2D eigenvalue weighted by Gasteiger charge is 2.37. The average Bonchev–Trinajstić information content (AvgIpc) is 2.71. The number of carbonyl (C=O) groups is 3. The minimum absolute atomic E-state index is 0.147. The molecule has 1 aromatic rings. The molecule has 0 atom stereocenters. The highest BCUT2D eigenvalue weighted by atomic mass is 16.5. The summed E-state index contributed by atoms with van der Waals surface area (Å²) in [6, 6.07) is 4.68. The van der Waals surface area contributed by atoms with Gasteiger partial charge in [0.05, 0.1) is 29.9 Å². The molecule has 0 aromatic heterocycles. The Labute approximate surface area is 128 Å². The first kappa shape index (κ1) is 14.7. The van der Waals surface area contributed by atoms with E-state index in [1.54, 1.807) is 17.0 Å². The van der Waals surface area contributed by atoms with Crippen molar-refractivity contribution in [2.75, 3.05) is 26.8 Å². The summed E-state index contributed by atoms with van der Waals surface area (Å²) >= 11 is 0. The number of amides is 3. The van der Waals surface area contributed by atoms with Crippen LogP contribution in [0.3, 0.4) is 0 Å². The lowest BCUT2D eigenvalue weighted by Gasteiger charge is -2.42. The number of carbonyl (C=O) groups excluding carboxylic acids is 3. The second kappa shape index (κ2) is 4.91. The third kappa shape index (κ3) is 2.11. The number of nitrogens with zero attached hydrogens (tertiary/aromatic N) is 2. The maximum Gasteiger partial charge on any atom is 0.261 e. The lowest BCUT2D eigenvalue weighted by atomic mass is 9.99. The molecule has 1 saturated heterocycles. The van der Waals surface area contributed by atoms with Gasteiger partial charge >= 0.3 is 0 Å². The standard InChI is InChI=1S/C16H18N2O4/c1-16(2)9-22-7-6-18(16)13(19)10-4-5-11-12(8-10)15(21)17(3)14(11)20/h4-5,8H,6-7,9H2,1-3H3. The van der Waals surface area contributed by atoms with E-state index < -0.39 is 5.54 Å². The molecule has 6 heteroatoms. The minimum Gasteiger partial charge on any atom is -0.377 e. The van der Waals surface area contributed by atoms with Gasteiger partial charge in [-0.3, -0.25) is 19.3 Å². The van der Waals surface area contributed by atoms with E-state index in [4.69, 9.17) is 4.74 Å². The lowest BCUT2D eigenvalue weighted by Crippen LogP contribution is -2.55. The molecule has 0 saturated carbocycles. The SMILES string of the molecule is CN1C(=O)c2ccc(C(=O)N3CCOCC3(C)C)cc2C1=O. The minimum atomic E-state index is -0.398. The Kier molecular flexibility index (Phi) is 3.29. The second-order valence-corrected chi connectivity index (χ2v) is 6.25. The highest BCUT2D eigenvalue weighted by molar-refractivity contribution is 6.21. The van der Waals surface area contributed by atoms with Crippen molar-refractivity contribution < 1.29 is 19.1 Å². The van der Waals surface area contributed by atoms with Crippen molar-refractivity contribution in [3.05, 3.63) is 34.9 Å². The van der Waals surface area contributed by atoms with Crippen LogP contribution in [0.5, 0.6) is 0 Å². The van der Waals surface area contributed by atoms with Crippen LogP contribution in [-0.2, 0) is 4.74 Å². The number of rotatable bonds is 1. The Hall–Kier alpha value is -2.21. The van der Waals surface area contributed by atoms with E-state index in [1.165, 1.54) is 13.1 Å². The van der Waals surface area contributed by atoms with Crippen LogP contribution in [0, 0.1) is 0 Å². The fraction of sp³-hybridized carbons (Fsp3) is 0.438. The Morgan fingerprint density at radius 1 is 1.18 bits per heavy atom. The van der Waals surface area contributed by atoms with E-state index in [0.29, 0.717) is 36.4 Å². The number of hydrogen-bond acceptors (Lipinski definition) is 4. The fourth-order valence-corrected chi connectivity index (χ4v) is 2.88. The Morgan fingerprint density at radius 3 is 2.55 bits per heavy atom. The molecule has 116 valence electrons. The summed E-state index contributed by atoms with van der Waals surface area (Å²) in [7, 11) is 1.44. The third-order valence-corrected chi connectivity index (χ3v) is 4.23. The number of morpholine rings is 1. The largest absolute Gasteiger partial charge is 0.377 e. The van der Waals surface area contributed by atoms with Gasteiger partial charge in [-0.05, 0) is 32.0 Å². The summed E-state index contributed by atoms with van der Waals surface area (Å²) in [5.74, 6) is -0.840. The van der Waals surface area contributed by atoms with Gasteiger partial charge in [0.2, 0.25) is 0 Å². The molecule has 2 aliphatic rings. The van der Waals surface area contributed by atoms with Crippen molar-refractivity contribution in [2.24, 2.45) is 0 Å². The quantitative estimate of drug-likeness (QED) is 0.730. The number of imide groups is 1. The van der Waals surface area contributed by atoms with Crippen molar-refractivity contribution in [3.63, 3.8) is 0 Å². The zero-order chi connectivity index (χ0) is 16.1. The molecule has 0 radical (unpaired) electrons. The van der Waals surface area contributed by atoms with Crippen molar-refractivity contribution in [3.8, 4) is 0 Å². The van der Waals surface area contributed by atoms with E-state index in [1.807, 2.05) is 13.8 Å². The van der Waals surface area contributed by atoms with Gasteiger partial charge < -0.3 is 9.64 Å². The Bertz CT molecular complexity index is 681. The molecule has 3 rings (SSSR count). The maximum atomic E-state index is 12.7. The van der Waals surface area contributed by atoms with Gasteiger partial charge in [0.25, 0.3) is 17.7 Å². The molecule has 6 nitrogen and oxygen atoms in total. The molecule has 0 N–H and O–H groups in total. The Morgan fingerprint density at radius 2 is 1.86 bits per heavy atom. The van der Waals surface area contributed by atoms with E-state index in [0.717, 1.165) is 4.90 Å². The van der Waals surface area contributed by atoms with Crippen LogP contribution < -0.4 is 0 Å². The molecule has 1 fully saturated rings. The van der Waals surface area contributed by atoms with Crippen LogP contribution in [0.4, 0.5) is 0 Å². The summed E-state index contributed by atoms with van der Waals surface area (Å²) in [5.41, 5.74) is 0.671. The van der Waals surface area contributed by atoms with Gasteiger partial charge in [-0.2, -0.15) is 0 Å². The summed E-state index contributed by atoms with van der Waals surface area (Å²) in [6.07, 6.45) is 0. The predicted octanol–water partition coefficient (Wildman–Crippen LogP) is 1.16. The van der Waals surface area contributed by atoms with Crippen molar-refractivity contribution in [1.82, 2.24) is 9.80 Å². The topological polar surface area (TPSA) is 66.9 Å². The predicted molar refractivity (Wildman–Crippen MR) is 78.8 cm³/mol.